The molecular weight excluding hydrogens is 472 g/mol. The first-order valence-corrected chi connectivity index (χ1v) is 12.9. The van der Waals surface area contributed by atoms with Crippen LogP contribution in [0.5, 0.6) is 0 Å². The number of halogens is 1. The molecule has 0 aliphatic heterocycles. The van der Waals surface area contributed by atoms with Crippen LogP contribution in [0.15, 0.2) is 48.5 Å². The van der Waals surface area contributed by atoms with Gasteiger partial charge in [0.05, 0.1) is 11.4 Å². The first-order valence-electron chi connectivity index (χ1n) is 12.5. The number of anilines is 1. The minimum absolute atomic E-state index is 0.0475. The molecule has 1 aromatic heterocycles. The van der Waals surface area contributed by atoms with Crippen molar-refractivity contribution in [2.24, 2.45) is 0 Å². The Morgan fingerprint density at radius 2 is 1.72 bits per heavy atom. The number of carbonyl (C=O) groups excluding carboxylic acids is 2. The maximum Gasteiger partial charge on any atom is 0.254 e. The summed E-state index contributed by atoms with van der Waals surface area (Å²) in [5, 5.41) is 8.43. The zero-order valence-electron chi connectivity index (χ0n) is 22.2. The molecule has 0 aliphatic carbocycles. The minimum atomic E-state index is -0.264. The van der Waals surface area contributed by atoms with Gasteiger partial charge in [0.2, 0.25) is 5.91 Å². The van der Waals surface area contributed by atoms with Gasteiger partial charge >= 0.3 is 0 Å². The lowest BCUT2D eigenvalue weighted by Gasteiger charge is -2.22. The van der Waals surface area contributed by atoms with Gasteiger partial charge in [0.15, 0.2) is 0 Å². The predicted molar refractivity (Wildman–Crippen MR) is 147 cm³/mol. The summed E-state index contributed by atoms with van der Waals surface area (Å²) in [6, 6.07) is 14.8. The average molecular weight is 509 g/mol. The van der Waals surface area contributed by atoms with Gasteiger partial charge < -0.3 is 10.2 Å². The molecule has 3 rings (SSSR count). The summed E-state index contributed by atoms with van der Waals surface area (Å²) in [6.07, 6.45) is 2.85. The maximum atomic E-state index is 13.3. The van der Waals surface area contributed by atoms with Crippen LogP contribution in [-0.4, -0.2) is 39.6 Å². The molecule has 1 heterocycles. The van der Waals surface area contributed by atoms with E-state index < -0.39 is 0 Å². The van der Waals surface area contributed by atoms with Gasteiger partial charge in [-0.05, 0) is 56.2 Å². The molecule has 1 N–H and O–H groups in total. The van der Waals surface area contributed by atoms with Gasteiger partial charge in [-0.2, -0.15) is 5.10 Å². The topological polar surface area (TPSA) is 67.2 Å². The van der Waals surface area contributed by atoms with E-state index in [1.807, 2.05) is 32.0 Å². The largest absolute Gasteiger partial charge is 0.329 e. The number of nitrogens with zero attached hydrogens (tertiary/aromatic N) is 3. The van der Waals surface area contributed by atoms with Gasteiger partial charge in [-0.25, -0.2) is 4.68 Å². The third-order valence-corrected chi connectivity index (χ3v) is 6.32. The molecule has 0 saturated heterocycles. The number of rotatable bonds is 9. The predicted octanol–water partition coefficient (Wildman–Crippen LogP) is 6.71. The van der Waals surface area contributed by atoms with E-state index in [4.69, 9.17) is 16.7 Å². The quantitative estimate of drug-likeness (QED) is 0.326. The Balaban J connectivity index is 1.87. The zero-order chi connectivity index (χ0) is 26.5. The lowest BCUT2D eigenvalue weighted by molar-refractivity contribution is -0.117. The number of hydrogen-bond donors (Lipinski definition) is 1. The second kappa shape index (κ2) is 11.7. The van der Waals surface area contributed by atoms with Crippen molar-refractivity contribution in [2.75, 3.05) is 18.4 Å². The Labute approximate surface area is 219 Å². The number of unbranched alkanes of at least 4 members (excludes halogenated alkanes) is 2. The molecule has 0 aliphatic rings. The molecule has 6 nitrogen and oxygen atoms in total. The second-order valence-electron chi connectivity index (χ2n) is 10.4. The Kier molecular flexibility index (Phi) is 8.96. The molecule has 0 atom stereocenters. The van der Waals surface area contributed by atoms with E-state index in [1.165, 1.54) is 0 Å². The summed E-state index contributed by atoms with van der Waals surface area (Å²) >= 11 is 5.99. The summed E-state index contributed by atoms with van der Waals surface area (Å²) in [6.45, 7) is 12.9. The van der Waals surface area contributed by atoms with Crippen LogP contribution in [0.2, 0.25) is 5.02 Å². The van der Waals surface area contributed by atoms with Crippen molar-refractivity contribution in [1.29, 1.82) is 0 Å². The van der Waals surface area contributed by atoms with Crippen LogP contribution in [-0.2, 0) is 10.2 Å². The van der Waals surface area contributed by atoms with Crippen LogP contribution in [0.25, 0.3) is 5.69 Å². The van der Waals surface area contributed by atoms with Crippen LogP contribution >= 0.6 is 11.6 Å². The highest BCUT2D eigenvalue weighted by Gasteiger charge is 2.24. The molecule has 192 valence electrons. The molecule has 0 unspecified atom stereocenters. The van der Waals surface area contributed by atoms with Crippen molar-refractivity contribution in [3.63, 3.8) is 0 Å². The summed E-state index contributed by atoms with van der Waals surface area (Å²) < 4.78 is 1.79. The number of carbonyl (C=O) groups is 2. The molecule has 7 heteroatoms. The minimum Gasteiger partial charge on any atom is -0.329 e. The molecule has 0 spiro atoms. The van der Waals surface area contributed by atoms with Crippen molar-refractivity contribution >= 4 is 29.2 Å². The zero-order valence-corrected chi connectivity index (χ0v) is 22.9. The maximum absolute atomic E-state index is 13.3. The highest BCUT2D eigenvalue weighted by Crippen LogP contribution is 2.28. The van der Waals surface area contributed by atoms with Gasteiger partial charge in [-0.15, -0.1) is 0 Å². The standard InChI is InChI=1S/C29H37ClN4O2/c1-7-8-9-16-33(28(36)22-11-13-23(30)14-12-22)19-27(35)31-26-18-25(29(4,5)6)32-34(26)24-15-10-20(2)17-21(24)3/h10-15,17-18H,7-9,16,19H2,1-6H3,(H,31,35). The van der Waals surface area contributed by atoms with Gasteiger partial charge in [0.1, 0.15) is 12.4 Å². The van der Waals surface area contributed by atoms with Crippen LogP contribution < -0.4 is 5.32 Å². The number of nitrogens with one attached hydrogen (secondary N) is 1. The van der Waals surface area contributed by atoms with Gasteiger partial charge in [0.25, 0.3) is 5.91 Å². The lowest BCUT2D eigenvalue weighted by Crippen LogP contribution is -2.39. The average Bonchev–Trinajstić information content (AvgIpc) is 3.22. The number of benzene rings is 2. The van der Waals surface area contributed by atoms with E-state index in [2.05, 4.69) is 39.1 Å². The first kappa shape index (κ1) is 27.5. The van der Waals surface area contributed by atoms with Gasteiger partial charge in [-0.1, -0.05) is 69.8 Å². The molecule has 0 saturated carbocycles. The summed E-state index contributed by atoms with van der Waals surface area (Å²) in [7, 11) is 0. The van der Waals surface area contributed by atoms with Crippen molar-refractivity contribution in [1.82, 2.24) is 14.7 Å². The van der Waals surface area contributed by atoms with Gasteiger partial charge in [0, 0.05) is 28.6 Å². The van der Waals surface area contributed by atoms with Gasteiger partial charge in [-0.3, -0.25) is 9.59 Å². The molecule has 0 bridgehead atoms. The number of hydrogen-bond acceptors (Lipinski definition) is 3. The summed E-state index contributed by atoms with van der Waals surface area (Å²) in [5.74, 6) is 0.140. The Bertz CT molecular complexity index is 1210. The van der Waals surface area contributed by atoms with E-state index >= 15 is 0 Å². The number of aryl methyl sites for hydroxylation is 2. The van der Waals surface area contributed by atoms with Crippen LogP contribution in [0.3, 0.4) is 0 Å². The highest BCUT2D eigenvalue weighted by atomic mass is 35.5. The second-order valence-corrected chi connectivity index (χ2v) is 10.8. The monoisotopic (exact) mass is 508 g/mol. The summed E-state index contributed by atoms with van der Waals surface area (Å²) in [4.78, 5) is 28.1. The fourth-order valence-corrected chi connectivity index (χ4v) is 4.13. The van der Waals surface area contributed by atoms with E-state index in [1.54, 1.807) is 33.8 Å². The molecule has 2 amide bonds. The Hall–Kier alpha value is -3.12. The van der Waals surface area contributed by atoms with Crippen molar-refractivity contribution in [3.8, 4) is 5.69 Å². The van der Waals surface area contributed by atoms with Crippen LogP contribution in [0, 0.1) is 13.8 Å². The normalized spacial score (nSPS) is 11.4. The smallest absolute Gasteiger partial charge is 0.254 e. The van der Waals surface area contributed by atoms with E-state index in [0.717, 1.165) is 41.8 Å². The highest BCUT2D eigenvalue weighted by molar-refractivity contribution is 6.30. The fraction of sp³-hybridized carbons (Fsp3) is 0.414. The molecule has 0 radical (unpaired) electrons. The van der Waals surface area contributed by atoms with Crippen molar-refractivity contribution < 1.29 is 9.59 Å². The number of aromatic nitrogens is 2. The van der Waals surface area contributed by atoms with E-state index in [9.17, 15) is 9.59 Å². The van der Waals surface area contributed by atoms with E-state index in [0.29, 0.717) is 22.9 Å². The first-order chi connectivity index (χ1) is 17.0. The fourth-order valence-electron chi connectivity index (χ4n) is 4.00. The van der Waals surface area contributed by atoms with Crippen LogP contribution in [0.4, 0.5) is 5.82 Å². The molecular formula is C29H37ClN4O2. The third-order valence-electron chi connectivity index (χ3n) is 6.07. The molecule has 36 heavy (non-hydrogen) atoms. The molecule has 3 aromatic rings. The van der Waals surface area contributed by atoms with Crippen molar-refractivity contribution in [2.45, 2.75) is 66.2 Å². The van der Waals surface area contributed by atoms with Crippen LogP contribution in [0.1, 0.15) is 74.1 Å². The molecule has 2 aromatic carbocycles. The Morgan fingerprint density at radius 3 is 2.33 bits per heavy atom. The lowest BCUT2D eigenvalue weighted by atomic mass is 9.92. The van der Waals surface area contributed by atoms with Crippen molar-refractivity contribution in [3.05, 3.63) is 75.9 Å². The molecule has 0 fully saturated rings. The number of amides is 2. The summed E-state index contributed by atoms with van der Waals surface area (Å²) in [5.41, 5.74) is 4.32. The third kappa shape index (κ3) is 6.97. The SMILES string of the molecule is CCCCCN(CC(=O)Nc1cc(C(C)(C)C)nn1-c1ccc(C)cc1C)C(=O)c1ccc(Cl)cc1. The Morgan fingerprint density at radius 1 is 1.03 bits per heavy atom. The van der Waals surface area contributed by atoms with E-state index in [-0.39, 0.29) is 23.8 Å².